The molecule has 20 heavy (non-hydrogen) atoms. The molecule has 2 aromatic carbocycles. The Morgan fingerprint density at radius 1 is 1.25 bits per heavy atom. The van der Waals surface area contributed by atoms with Crippen LogP contribution in [0.4, 0.5) is 5.69 Å². The van der Waals surface area contributed by atoms with Crippen molar-refractivity contribution in [1.82, 2.24) is 0 Å². The first-order chi connectivity index (χ1) is 9.51. The highest BCUT2D eigenvalue weighted by atomic mass is 79.9. The summed E-state index contributed by atoms with van der Waals surface area (Å²) in [6.07, 6.45) is 0. The van der Waals surface area contributed by atoms with Crippen molar-refractivity contribution < 1.29 is 9.53 Å². The van der Waals surface area contributed by atoms with Gasteiger partial charge < -0.3 is 10.1 Å². The van der Waals surface area contributed by atoms with Gasteiger partial charge in [0.1, 0.15) is 5.75 Å². The van der Waals surface area contributed by atoms with E-state index in [4.69, 9.17) is 16.3 Å². The molecule has 2 rings (SSSR count). The van der Waals surface area contributed by atoms with Gasteiger partial charge >= 0.3 is 0 Å². The number of benzene rings is 2. The second-order valence-electron chi connectivity index (χ2n) is 4.26. The van der Waals surface area contributed by atoms with E-state index in [9.17, 15) is 4.79 Å². The predicted octanol–water partition coefficient (Wildman–Crippen LogP) is 4.67. The van der Waals surface area contributed by atoms with E-state index in [0.29, 0.717) is 22.0 Å². The number of aryl methyl sites for hydroxylation is 1. The number of anilines is 1. The molecule has 0 aromatic heterocycles. The van der Waals surface area contributed by atoms with Crippen molar-refractivity contribution in [2.75, 3.05) is 12.4 Å². The second-order valence-corrected chi connectivity index (χ2v) is 5.61. The van der Waals surface area contributed by atoms with E-state index in [1.807, 2.05) is 19.1 Å². The number of halogens is 2. The van der Waals surface area contributed by atoms with Gasteiger partial charge in [-0.25, -0.2) is 0 Å². The Morgan fingerprint density at radius 3 is 2.70 bits per heavy atom. The maximum atomic E-state index is 12.3. The summed E-state index contributed by atoms with van der Waals surface area (Å²) in [4.78, 5) is 12.3. The molecule has 0 atom stereocenters. The predicted molar refractivity (Wildman–Crippen MR) is 84.8 cm³/mol. The molecule has 0 saturated carbocycles. The number of carbonyl (C=O) groups excluding carboxylic acids is 1. The highest BCUT2D eigenvalue weighted by Crippen LogP contribution is 2.28. The molecule has 0 bridgehead atoms. The SMILES string of the molecule is COc1ccc(Cl)cc1NC(=O)c1cc(Br)ccc1C. The second kappa shape index (κ2) is 6.29. The number of carbonyl (C=O) groups is 1. The molecule has 0 unspecified atom stereocenters. The quantitative estimate of drug-likeness (QED) is 0.869. The standard InChI is InChI=1S/C15H13BrClNO2/c1-9-3-4-10(16)7-12(9)15(19)18-13-8-11(17)5-6-14(13)20-2/h3-8H,1-2H3,(H,18,19). The maximum Gasteiger partial charge on any atom is 0.256 e. The van der Waals surface area contributed by atoms with E-state index in [2.05, 4.69) is 21.2 Å². The van der Waals surface area contributed by atoms with Crippen LogP contribution in [0.2, 0.25) is 5.02 Å². The third kappa shape index (κ3) is 3.32. The largest absolute Gasteiger partial charge is 0.495 e. The molecule has 0 radical (unpaired) electrons. The molecule has 104 valence electrons. The van der Waals surface area contributed by atoms with Crippen LogP contribution in [0.1, 0.15) is 15.9 Å². The van der Waals surface area contributed by atoms with E-state index in [0.717, 1.165) is 10.0 Å². The highest BCUT2D eigenvalue weighted by molar-refractivity contribution is 9.10. The number of nitrogens with one attached hydrogen (secondary N) is 1. The van der Waals surface area contributed by atoms with E-state index in [-0.39, 0.29) is 5.91 Å². The van der Waals surface area contributed by atoms with Crippen molar-refractivity contribution in [3.63, 3.8) is 0 Å². The molecule has 0 aliphatic rings. The Balaban J connectivity index is 2.32. The zero-order chi connectivity index (χ0) is 14.7. The fraction of sp³-hybridized carbons (Fsp3) is 0.133. The van der Waals surface area contributed by atoms with E-state index >= 15 is 0 Å². The average Bonchev–Trinajstić information content (AvgIpc) is 2.41. The first kappa shape index (κ1) is 14.9. The summed E-state index contributed by atoms with van der Waals surface area (Å²) in [5, 5.41) is 3.35. The molecule has 0 saturated heterocycles. The topological polar surface area (TPSA) is 38.3 Å². The molecular weight excluding hydrogens is 342 g/mol. The minimum atomic E-state index is -0.204. The number of methoxy groups -OCH3 is 1. The zero-order valence-electron chi connectivity index (χ0n) is 11.0. The minimum Gasteiger partial charge on any atom is -0.495 e. The van der Waals surface area contributed by atoms with Gasteiger partial charge in [-0.15, -0.1) is 0 Å². The van der Waals surface area contributed by atoms with Crippen molar-refractivity contribution in [2.45, 2.75) is 6.92 Å². The van der Waals surface area contributed by atoms with Crippen LogP contribution in [0.5, 0.6) is 5.75 Å². The van der Waals surface area contributed by atoms with Crippen LogP contribution in [0.25, 0.3) is 0 Å². The minimum absolute atomic E-state index is 0.204. The van der Waals surface area contributed by atoms with Crippen molar-refractivity contribution in [3.05, 3.63) is 57.0 Å². The highest BCUT2D eigenvalue weighted by Gasteiger charge is 2.12. The lowest BCUT2D eigenvalue weighted by atomic mass is 10.1. The zero-order valence-corrected chi connectivity index (χ0v) is 13.4. The van der Waals surface area contributed by atoms with E-state index in [1.54, 1.807) is 31.4 Å². The van der Waals surface area contributed by atoms with Crippen LogP contribution in [0.15, 0.2) is 40.9 Å². The molecule has 5 heteroatoms. The van der Waals surface area contributed by atoms with E-state index in [1.165, 1.54) is 0 Å². The van der Waals surface area contributed by atoms with E-state index < -0.39 is 0 Å². The fourth-order valence-electron chi connectivity index (χ4n) is 1.81. The average molecular weight is 355 g/mol. The Bertz CT molecular complexity index is 658. The van der Waals surface area contributed by atoms with Crippen molar-refractivity contribution >= 4 is 39.1 Å². The third-order valence-corrected chi connectivity index (χ3v) is 3.58. The Kier molecular flexibility index (Phi) is 4.68. The number of hydrogen-bond acceptors (Lipinski definition) is 2. The monoisotopic (exact) mass is 353 g/mol. The van der Waals surface area contributed by atoms with Gasteiger partial charge in [-0.3, -0.25) is 4.79 Å². The molecule has 0 aliphatic heterocycles. The molecule has 0 spiro atoms. The molecular formula is C15H13BrClNO2. The normalized spacial score (nSPS) is 10.2. The lowest BCUT2D eigenvalue weighted by molar-refractivity contribution is 0.102. The van der Waals surface area contributed by atoms with Crippen LogP contribution < -0.4 is 10.1 Å². The third-order valence-electron chi connectivity index (χ3n) is 2.85. The Morgan fingerprint density at radius 2 is 2.00 bits per heavy atom. The Labute approximate surface area is 131 Å². The fourth-order valence-corrected chi connectivity index (χ4v) is 2.34. The molecule has 1 N–H and O–H groups in total. The number of amides is 1. The summed E-state index contributed by atoms with van der Waals surface area (Å²) in [6.45, 7) is 1.89. The summed E-state index contributed by atoms with van der Waals surface area (Å²) in [5.74, 6) is 0.361. The first-order valence-corrected chi connectivity index (χ1v) is 7.09. The smallest absolute Gasteiger partial charge is 0.256 e. The molecule has 2 aromatic rings. The maximum absolute atomic E-state index is 12.3. The van der Waals surface area contributed by atoms with Gasteiger partial charge in [0.25, 0.3) is 5.91 Å². The summed E-state index contributed by atoms with van der Waals surface area (Å²) in [6, 6.07) is 10.6. The van der Waals surface area contributed by atoms with Gasteiger partial charge in [0, 0.05) is 15.1 Å². The summed E-state index contributed by atoms with van der Waals surface area (Å²) < 4.78 is 6.06. The van der Waals surface area contributed by atoms with Crippen LogP contribution >= 0.6 is 27.5 Å². The van der Waals surface area contributed by atoms with Crippen LogP contribution in [-0.2, 0) is 0 Å². The summed E-state index contributed by atoms with van der Waals surface area (Å²) in [5.41, 5.74) is 2.04. The first-order valence-electron chi connectivity index (χ1n) is 5.92. The summed E-state index contributed by atoms with van der Waals surface area (Å²) in [7, 11) is 1.54. The van der Waals surface area contributed by atoms with Gasteiger partial charge in [-0.1, -0.05) is 33.6 Å². The molecule has 1 amide bonds. The molecule has 3 nitrogen and oxygen atoms in total. The lowest BCUT2D eigenvalue weighted by Crippen LogP contribution is -2.14. The number of ether oxygens (including phenoxy) is 1. The number of hydrogen-bond donors (Lipinski definition) is 1. The van der Waals surface area contributed by atoms with Gasteiger partial charge in [-0.2, -0.15) is 0 Å². The van der Waals surface area contributed by atoms with Crippen LogP contribution in [-0.4, -0.2) is 13.0 Å². The van der Waals surface area contributed by atoms with Gasteiger partial charge in [0.2, 0.25) is 0 Å². The molecule has 0 aliphatic carbocycles. The van der Waals surface area contributed by atoms with Gasteiger partial charge in [-0.05, 0) is 42.8 Å². The number of rotatable bonds is 3. The lowest BCUT2D eigenvalue weighted by Gasteiger charge is -2.12. The van der Waals surface area contributed by atoms with Crippen LogP contribution in [0, 0.1) is 6.92 Å². The summed E-state index contributed by atoms with van der Waals surface area (Å²) >= 11 is 9.31. The van der Waals surface area contributed by atoms with Gasteiger partial charge in [0.15, 0.2) is 0 Å². The van der Waals surface area contributed by atoms with Gasteiger partial charge in [0.05, 0.1) is 12.8 Å². The molecule has 0 fully saturated rings. The van der Waals surface area contributed by atoms with Crippen molar-refractivity contribution in [2.24, 2.45) is 0 Å². The van der Waals surface area contributed by atoms with Crippen LogP contribution in [0.3, 0.4) is 0 Å². The van der Waals surface area contributed by atoms with Crippen molar-refractivity contribution in [1.29, 1.82) is 0 Å². The Hall–Kier alpha value is -1.52. The van der Waals surface area contributed by atoms with Crippen molar-refractivity contribution in [3.8, 4) is 5.75 Å². The molecule has 0 heterocycles.